The molecule has 9 nitrogen and oxygen atoms in total. The van der Waals surface area contributed by atoms with E-state index in [1.807, 2.05) is 6.92 Å². The minimum atomic E-state index is -4.10. The van der Waals surface area contributed by atoms with Gasteiger partial charge in [0.15, 0.2) is 0 Å². The van der Waals surface area contributed by atoms with Crippen molar-refractivity contribution in [3.05, 3.63) is 48.3 Å². The summed E-state index contributed by atoms with van der Waals surface area (Å²) >= 11 is 0. The summed E-state index contributed by atoms with van der Waals surface area (Å²) in [5, 5.41) is 5.24. The first-order chi connectivity index (χ1) is 15.6. The lowest BCUT2D eigenvalue weighted by Gasteiger charge is -2.35. The van der Waals surface area contributed by atoms with Crippen LogP contribution >= 0.6 is 0 Å². The van der Waals surface area contributed by atoms with Crippen molar-refractivity contribution in [1.29, 1.82) is 0 Å². The van der Waals surface area contributed by atoms with Gasteiger partial charge in [-0.2, -0.15) is 0 Å². The summed E-state index contributed by atoms with van der Waals surface area (Å²) < 4.78 is 52.6. The topological polar surface area (TPSA) is 114 Å². The van der Waals surface area contributed by atoms with E-state index in [-0.39, 0.29) is 35.3 Å². The first-order valence-electron chi connectivity index (χ1n) is 10.4. The number of halogens is 1. The molecule has 2 aromatic carbocycles. The van der Waals surface area contributed by atoms with Crippen LogP contribution in [0.25, 0.3) is 0 Å². The molecule has 1 fully saturated rings. The average molecular weight is 478 g/mol. The highest BCUT2D eigenvalue weighted by Gasteiger charge is 2.42. The molecular formula is C22H24FN3O6S. The van der Waals surface area contributed by atoms with Gasteiger partial charge in [-0.25, -0.2) is 17.6 Å². The maximum absolute atomic E-state index is 13.4. The third kappa shape index (κ3) is 5.19. The SMILES string of the molecule is CC(=O)NCC1CN(S(=O)(=O)c2ccc(F)cc2)c2cc(NC(=O)OC3(C)CC3)ccc2O1. The van der Waals surface area contributed by atoms with Crippen LogP contribution in [0, 0.1) is 5.82 Å². The molecule has 2 N–H and O–H groups in total. The highest BCUT2D eigenvalue weighted by Crippen LogP contribution is 2.40. The number of fused-ring (bicyclic) bond motifs is 1. The zero-order valence-electron chi connectivity index (χ0n) is 18.1. The molecule has 4 rings (SSSR count). The van der Waals surface area contributed by atoms with Crippen molar-refractivity contribution < 1.29 is 31.9 Å². The monoisotopic (exact) mass is 477 g/mol. The number of carbonyl (C=O) groups is 2. The summed E-state index contributed by atoms with van der Waals surface area (Å²) in [5.74, 6) is -0.579. The number of amides is 2. The van der Waals surface area contributed by atoms with Crippen LogP contribution in [0.1, 0.15) is 26.7 Å². The first-order valence-corrected chi connectivity index (χ1v) is 11.8. The number of nitrogens with zero attached hydrogens (tertiary/aromatic N) is 1. The molecular weight excluding hydrogens is 453 g/mol. The fourth-order valence-electron chi connectivity index (χ4n) is 3.36. The fraction of sp³-hybridized carbons (Fsp3) is 0.364. The Labute approximate surface area is 190 Å². The summed E-state index contributed by atoms with van der Waals surface area (Å²) in [6.45, 7) is 3.18. The van der Waals surface area contributed by atoms with Gasteiger partial charge >= 0.3 is 6.09 Å². The van der Waals surface area contributed by atoms with Crippen molar-refractivity contribution in [3.8, 4) is 5.75 Å². The maximum atomic E-state index is 13.4. The minimum Gasteiger partial charge on any atom is -0.484 e. The maximum Gasteiger partial charge on any atom is 0.412 e. The summed E-state index contributed by atoms with van der Waals surface area (Å²) in [6.07, 6.45) is 0.286. The van der Waals surface area contributed by atoms with Crippen LogP contribution in [-0.2, 0) is 19.6 Å². The average Bonchev–Trinajstić information content (AvgIpc) is 3.48. The van der Waals surface area contributed by atoms with Crippen LogP contribution in [0.15, 0.2) is 47.4 Å². The lowest BCUT2D eigenvalue weighted by atomic mass is 10.2. The molecule has 2 aliphatic rings. The van der Waals surface area contributed by atoms with Gasteiger partial charge in [0.25, 0.3) is 10.0 Å². The Balaban J connectivity index is 1.65. The Morgan fingerprint density at radius 2 is 1.91 bits per heavy atom. The van der Waals surface area contributed by atoms with Crippen molar-refractivity contribution in [3.63, 3.8) is 0 Å². The van der Waals surface area contributed by atoms with Gasteiger partial charge in [0, 0.05) is 12.6 Å². The molecule has 0 spiro atoms. The van der Waals surface area contributed by atoms with Crippen molar-refractivity contribution in [2.75, 3.05) is 22.7 Å². The molecule has 176 valence electrons. The molecule has 2 amide bonds. The van der Waals surface area contributed by atoms with Gasteiger partial charge in [0.05, 0.1) is 23.7 Å². The Morgan fingerprint density at radius 3 is 2.55 bits per heavy atom. The molecule has 0 aromatic heterocycles. The number of hydrogen-bond acceptors (Lipinski definition) is 6. The smallest absolute Gasteiger partial charge is 0.412 e. The van der Waals surface area contributed by atoms with E-state index in [1.165, 1.54) is 31.2 Å². The van der Waals surface area contributed by atoms with Crippen LogP contribution in [0.4, 0.5) is 20.6 Å². The van der Waals surface area contributed by atoms with E-state index >= 15 is 0 Å². The van der Waals surface area contributed by atoms with E-state index in [9.17, 15) is 22.4 Å². The van der Waals surface area contributed by atoms with Gasteiger partial charge in [-0.3, -0.25) is 14.4 Å². The second-order valence-corrected chi connectivity index (χ2v) is 10.2. The molecule has 1 atom stereocenters. The van der Waals surface area contributed by atoms with Crippen LogP contribution in [-0.4, -0.2) is 45.2 Å². The molecule has 0 radical (unpaired) electrons. The number of nitrogens with one attached hydrogen (secondary N) is 2. The molecule has 1 saturated carbocycles. The van der Waals surface area contributed by atoms with E-state index in [0.717, 1.165) is 29.3 Å². The van der Waals surface area contributed by atoms with Gasteiger partial charge in [-0.15, -0.1) is 0 Å². The lowest BCUT2D eigenvalue weighted by Crippen LogP contribution is -2.48. The van der Waals surface area contributed by atoms with E-state index in [0.29, 0.717) is 5.69 Å². The molecule has 1 unspecified atom stereocenters. The Hall–Kier alpha value is -3.34. The van der Waals surface area contributed by atoms with Gasteiger partial charge in [-0.05, 0) is 62.2 Å². The Kier molecular flexibility index (Phi) is 5.91. The third-order valence-electron chi connectivity index (χ3n) is 5.41. The number of rotatable bonds is 6. The Bertz CT molecular complexity index is 1180. The van der Waals surface area contributed by atoms with Crippen LogP contribution in [0.5, 0.6) is 5.75 Å². The number of ether oxygens (including phenoxy) is 2. The minimum absolute atomic E-state index is 0.0924. The van der Waals surface area contributed by atoms with Gasteiger partial charge < -0.3 is 14.8 Å². The van der Waals surface area contributed by atoms with Crippen molar-refractivity contribution >= 4 is 33.4 Å². The van der Waals surface area contributed by atoms with Crippen LogP contribution in [0.2, 0.25) is 0 Å². The predicted octanol–water partition coefficient (Wildman–Crippen LogP) is 3.02. The summed E-state index contributed by atoms with van der Waals surface area (Å²) in [5.41, 5.74) is 0.0658. The molecule has 1 heterocycles. The van der Waals surface area contributed by atoms with Gasteiger partial charge in [-0.1, -0.05) is 0 Å². The highest BCUT2D eigenvalue weighted by molar-refractivity contribution is 7.92. The number of benzene rings is 2. The van der Waals surface area contributed by atoms with Crippen molar-refractivity contribution in [2.24, 2.45) is 0 Å². The number of carbonyl (C=O) groups excluding carboxylic acids is 2. The standard InChI is InChI=1S/C22H24FN3O6S/c1-14(27)24-12-17-13-26(33(29,30)18-6-3-15(23)4-7-18)19-11-16(5-8-20(19)31-17)25-21(28)32-22(2)9-10-22/h3-8,11,17H,9-10,12-13H2,1-2H3,(H,24,27)(H,25,28). The van der Waals surface area contributed by atoms with Gasteiger partial charge in [0.1, 0.15) is 23.3 Å². The first kappa shape index (κ1) is 22.8. The van der Waals surface area contributed by atoms with E-state index in [2.05, 4.69) is 10.6 Å². The predicted molar refractivity (Wildman–Crippen MR) is 118 cm³/mol. The third-order valence-corrected chi connectivity index (χ3v) is 7.20. The molecule has 2 aromatic rings. The molecule has 11 heteroatoms. The van der Waals surface area contributed by atoms with Crippen LogP contribution < -0.4 is 19.7 Å². The molecule has 1 aliphatic carbocycles. The van der Waals surface area contributed by atoms with Gasteiger partial charge in [0.2, 0.25) is 5.91 Å². The quantitative estimate of drug-likeness (QED) is 0.661. The van der Waals surface area contributed by atoms with E-state index in [1.54, 1.807) is 6.07 Å². The van der Waals surface area contributed by atoms with Crippen molar-refractivity contribution in [1.82, 2.24) is 5.32 Å². The zero-order chi connectivity index (χ0) is 23.8. The number of sulfonamides is 1. The second kappa shape index (κ2) is 8.54. The number of anilines is 2. The summed E-state index contributed by atoms with van der Waals surface area (Å²) in [4.78, 5) is 23.4. The number of hydrogen-bond donors (Lipinski definition) is 2. The molecule has 1 aliphatic heterocycles. The Morgan fingerprint density at radius 1 is 1.21 bits per heavy atom. The highest BCUT2D eigenvalue weighted by atomic mass is 32.2. The van der Waals surface area contributed by atoms with E-state index < -0.39 is 33.6 Å². The zero-order valence-corrected chi connectivity index (χ0v) is 18.9. The lowest BCUT2D eigenvalue weighted by molar-refractivity contribution is -0.119. The second-order valence-electron chi connectivity index (χ2n) is 8.31. The molecule has 33 heavy (non-hydrogen) atoms. The summed E-state index contributed by atoms with van der Waals surface area (Å²) in [7, 11) is -4.10. The van der Waals surface area contributed by atoms with Crippen molar-refractivity contribution in [2.45, 2.75) is 43.3 Å². The van der Waals surface area contributed by atoms with Crippen LogP contribution in [0.3, 0.4) is 0 Å². The molecule has 0 saturated heterocycles. The largest absolute Gasteiger partial charge is 0.484 e. The molecule has 0 bridgehead atoms. The van der Waals surface area contributed by atoms with E-state index in [4.69, 9.17) is 9.47 Å². The normalized spacial score (nSPS) is 18.5. The summed E-state index contributed by atoms with van der Waals surface area (Å²) in [6, 6.07) is 9.07. The fourth-order valence-corrected chi connectivity index (χ4v) is 4.86.